The third-order valence-corrected chi connectivity index (χ3v) is 6.01. The van der Waals surface area contributed by atoms with E-state index in [1.54, 1.807) is 12.3 Å². The maximum absolute atomic E-state index is 15.1. The number of anilines is 1. The molecule has 3 aromatic rings. The number of rotatable bonds is 1. The van der Waals surface area contributed by atoms with Crippen LogP contribution in [-0.4, -0.2) is 23.4 Å². The number of hydrogen-bond acceptors (Lipinski definition) is 4. The maximum atomic E-state index is 15.1. The van der Waals surface area contributed by atoms with Crippen molar-refractivity contribution >= 4 is 16.7 Å². The van der Waals surface area contributed by atoms with Crippen LogP contribution in [0.2, 0.25) is 0 Å². The minimum Gasteiger partial charge on any atom is -0.377 e. The summed E-state index contributed by atoms with van der Waals surface area (Å²) in [5, 5.41) is 8.17. The van der Waals surface area contributed by atoms with Crippen LogP contribution in [0.15, 0.2) is 41.1 Å². The van der Waals surface area contributed by atoms with Crippen molar-refractivity contribution in [3.63, 3.8) is 0 Å². The maximum Gasteiger partial charge on any atom is 0.167 e. The van der Waals surface area contributed by atoms with Crippen LogP contribution in [0.25, 0.3) is 22.1 Å². The monoisotopic (exact) mass is 352 g/mol. The number of benzene rings is 2. The van der Waals surface area contributed by atoms with Gasteiger partial charge in [0.2, 0.25) is 0 Å². The van der Waals surface area contributed by atoms with Gasteiger partial charge in [-0.1, -0.05) is 24.2 Å². The van der Waals surface area contributed by atoms with Crippen molar-refractivity contribution in [2.45, 2.75) is 44.2 Å². The van der Waals surface area contributed by atoms with E-state index in [2.05, 4.69) is 31.2 Å². The lowest BCUT2D eigenvalue weighted by atomic mass is 9.66. The highest BCUT2D eigenvalue weighted by molar-refractivity contribution is 5.94. The molecule has 2 aliphatic heterocycles. The van der Waals surface area contributed by atoms with Crippen molar-refractivity contribution in [1.29, 1.82) is 0 Å². The molecular formula is C21H21FN2O2. The number of fused-ring (bicyclic) bond motifs is 4. The minimum absolute atomic E-state index is 0.0483. The lowest BCUT2D eigenvalue weighted by molar-refractivity contribution is 0.0352. The first-order valence-corrected chi connectivity index (χ1v) is 8.98. The Morgan fingerprint density at radius 3 is 2.88 bits per heavy atom. The fourth-order valence-electron chi connectivity index (χ4n) is 4.88. The summed E-state index contributed by atoms with van der Waals surface area (Å²) in [6.07, 6.45) is 2.62. The highest BCUT2D eigenvalue weighted by Gasteiger charge is 2.53. The molecule has 1 N–H and O–H groups in total. The van der Waals surface area contributed by atoms with Crippen molar-refractivity contribution in [1.82, 2.24) is 5.16 Å². The zero-order valence-corrected chi connectivity index (χ0v) is 15.1. The van der Waals surface area contributed by atoms with E-state index in [-0.39, 0.29) is 22.9 Å². The molecule has 2 aromatic carbocycles. The van der Waals surface area contributed by atoms with Crippen LogP contribution in [0.5, 0.6) is 0 Å². The number of aromatic nitrogens is 1. The third-order valence-electron chi connectivity index (χ3n) is 6.01. The molecule has 1 fully saturated rings. The van der Waals surface area contributed by atoms with Gasteiger partial charge in [0.1, 0.15) is 5.82 Å². The third kappa shape index (κ3) is 2.01. The van der Waals surface area contributed by atoms with Crippen LogP contribution < -0.4 is 5.32 Å². The fourth-order valence-corrected chi connectivity index (χ4v) is 4.88. The summed E-state index contributed by atoms with van der Waals surface area (Å²) in [6.45, 7) is 7.19. The summed E-state index contributed by atoms with van der Waals surface area (Å²) >= 11 is 0. The Bertz CT molecular complexity index is 1030. The van der Waals surface area contributed by atoms with Gasteiger partial charge in [0.15, 0.2) is 5.58 Å². The molecule has 5 rings (SSSR count). The molecule has 3 heterocycles. The Morgan fingerprint density at radius 2 is 2.04 bits per heavy atom. The van der Waals surface area contributed by atoms with E-state index < -0.39 is 0 Å². The van der Waals surface area contributed by atoms with Crippen LogP contribution in [0.4, 0.5) is 10.1 Å². The van der Waals surface area contributed by atoms with E-state index in [4.69, 9.17) is 9.26 Å². The Hall–Kier alpha value is -2.40. The molecule has 1 aromatic heterocycles. The molecule has 26 heavy (non-hydrogen) atoms. The second kappa shape index (κ2) is 5.07. The van der Waals surface area contributed by atoms with E-state index in [1.807, 2.05) is 24.3 Å². The molecule has 2 atom stereocenters. The Balaban J connectivity index is 1.76. The average Bonchev–Trinajstić information content (AvgIpc) is 3.21. The van der Waals surface area contributed by atoms with E-state index >= 15 is 4.39 Å². The molecule has 5 heteroatoms. The average molecular weight is 352 g/mol. The second-order valence-corrected chi connectivity index (χ2v) is 8.19. The van der Waals surface area contributed by atoms with Crippen molar-refractivity contribution < 1.29 is 13.7 Å². The first-order valence-electron chi connectivity index (χ1n) is 8.98. The summed E-state index contributed by atoms with van der Waals surface area (Å²) in [4.78, 5) is 0. The summed E-state index contributed by atoms with van der Waals surface area (Å²) < 4.78 is 26.4. The van der Waals surface area contributed by atoms with Gasteiger partial charge >= 0.3 is 0 Å². The zero-order chi connectivity index (χ0) is 18.1. The molecule has 2 aliphatic rings. The SMILES string of the molecule is CC1(C)Nc2cc(F)c(-c3cccc4oncc34)cc2C2(C)CCOC12. The van der Waals surface area contributed by atoms with E-state index in [1.165, 1.54) is 0 Å². The van der Waals surface area contributed by atoms with Gasteiger partial charge in [-0.05, 0) is 49.6 Å². The molecule has 134 valence electrons. The van der Waals surface area contributed by atoms with Crippen molar-refractivity contribution in [3.8, 4) is 11.1 Å². The number of ether oxygens (including phenoxy) is 1. The van der Waals surface area contributed by atoms with Crippen LogP contribution in [-0.2, 0) is 10.2 Å². The van der Waals surface area contributed by atoms with Gasteiger partial charge < -0.3 is 14.6 Å². The number of nitrogens with zero attached hydrogens (tertiary/aromatic N) is 1. The first-order chi connectivity index (χ1) is 12.4. The summed E-state index contributed by atoms with van der Waals surface area (Å²) in [7, 11) is 0. The molecule has 0 saturated carbocycles. The first kappa shape index (κ1) is 15.8. The normalized spacial score (nSPS) is 26.4. The molecule has 1 saturated heterocycles. The number of hydrogen-bond donors (Lipinski definition) is 1. The molecular weight excluding hydrogens is 331 g/mol. The predicted octanol–water partition coefficient (Wildman–Crippen LogP) is 4.88. The largest absolute Gasteiger partial charge is 0.377 e. The molecule has 0 aliphatic carbocycles. The second-order valence-electron chi connectivity index (χ2n) is 8.19. The number of halogens is 1. The van der Waals surface area contributed by atoms with Crippen LogP contribution in [0.1, 0.15) is 32.8 Å². The van der Waals surface area contributed by atoms with E-state index in [0.717, 1.165) is 35.2 Å². The molecule has 0 spiro atoms. The van der Waals surface area contributed by atoms with Gasteiger partial charge in [0.25, 0.3) is 0 Å². The predicted molar refractivity (Wildman–Crippen MR) is 98.8 cm³/mol. The Labute approximate surface area is 151 Å². The standard InChI is InChI=1S/C21H21FN2O2/c1-20(2)19-21(3,7-8-25-19)15-9-13(16(22)10-17(15)24-20)12-5-4-6-18-14(12)11-23-26-18/h4-6,9-11,19,24H,7-8H2,1-3H3. The molecule has 2 unspecified atom stereocenters. The quantitative estimate of drug-likeness (QED) is 0.678. The van der Waals surface area contributed by atoms with Crippen molar-refractivity contribution in [2.24, 2.45) is 0 Å². The van der Waals surface area contributed by atoms with Gasteiger partial charge in [-0.25, -0.2) is 4.39 Å². The highest BCUT2D eigenvalue weighted by Crippen LogP contribution is 2.51. The van der Waals surface area contributed by atoms with Gasteiger partial charge in [-0.3, -0.25) is 0 Å². The fraction of sp³-hybridized carbons (Fsp3) is 0.381. The summed E-state index contributed by atoms with van der Waals surface area (Å²) in [5.41, 5.74) is 3.61. The Kier molecular flexibility index (Phi) is 3.09. The van der Waals surface area contributed by atoms with Crippen LogP contribution in [0.3, 0.4) is 0 Å². The summed E-state index contributed by atoms with van der Waals surface area (Å²) in [6, 6.07) is 9.23. The lowest BCUT2D eigenvalue weighted by Crippen LogP contribution is -2.56. The van der Waals surface area contributed by atoms with E-state index in [9.17, 15) is 0 Å². The molecule has 4 nitrogen and oxygen atoms in total. The molecule has 0 radical (unpaired) electrons. The van der Waals surface area contributed by atoms with Crippen molar-refractivity contribution in [2.75, 3.05) is 11.9 Å². The topological polar surface area (TPSA) is 47.3 Å². The van der Waals surface area contributed by atoms with Gasteiger partial charge in [0, 0.05) is 28.7 Å². The van der Waals surface area contributed by atoms with Gasteiger partial charge in [-0.15, -0.1) is 0 Å². The minimum atomic E-state index is -0.249. The lowest BCUT2D eigenvalue weighted by Gasteiger charge is -2.48. The smallest absolute Gasteiger partial charge is 0.167 e. The van der Waals surface area contributed by atoms with E-state index in [0.29, 0.717) is 11.1 Å². The highest BCUT2D eigenvalue weighted by atomic mass is 19.1. The molecule has 0 amide bonds. The summed E-state index contributed by atoms with van der Waals surface area (Å²) in [5.74, 6) is -0.248. The van der Waals surface area contributed by atoms with Gasteiger partial charge in [-0.2, -0.15) is 0 Å². The number of nitrogens with one attached hydrogen (secondary N) is 1. The van der Waals surface area contributed by atoms with Gasteiger partial charge in [0.05, 0.1) is 17.8 Å². The van der Waals surface area contributed by atoms with Crippen LogP contribution >= 0.6 is 0 Å². The zero-order valence-electron chi connectivity index (χ0n) is 15.1. The Morgan fingerprint density at radius 1 is 1.19 bits per heavy atom. The molecule has 0 bridgehead atoms. The van der Waals surface area contributed by atoms with Crippen LogP contribution in [0, 0.1) is 5.82 Å². The van der Waals surface area contributed by atoms with Crippen molar-refractivity contribution in [3.05, 3.63) is 47.9 Å².